The van der Waals surface area contributed by atoms with Gasteiger partial charge in [0, 0.05) is 50.3 Å². The quantitative estimate of drug-likeness (QED) is 0.846. The molecule has 2 amide bonds. The number of aromatic nitrogens is 1. The minimum atomic E-state index is -0.579. The predicted molar refractivity (Wildman–Crippen MR) is 97.8 cm³/mol. The molecule has 2 heterocycles. The molecule has 6 nitrogen and oxygen atoms in total. The largest absolute Gasteiger partial charge is 0.385 e. The number of carbonyl (C=O) groups excluding carboxylic acids is 2. The summed E-state index contributed by atoms with van der Waals surface area (Å²) in [6, 6.07) is 8.76. The number of nitrogens with one attached hydrogen (secondary N) is 1. The molecule has 1 saturated heterocycles. The fourth-order valence-corrected chi connectivity index (χ4v) is 3.30. The zero-order valence-corrected chi connectivity index (χ0v) is 15.2. The van der Waals surface area contributed by atoms with E-state index in [0.717, 1.165) is 0 Å². The fraction of sp³-hybridized carbons (Fsp3) is 0.350. The fourth-order valence-electron chi connectivity index (χ4n) is 3.30. The molecule has 3 rings (SSSR count). The van der Waals surface area contributed by atoms with E-state index in [1.807, 2.05) is 0 Å². The molecule has 0 unspecified atom stereocenters. The summed E-state index contributed by atoms with van der Waals surface area (Å²) in [5.41, 5.74) is 0.369. The third-order valence-corrected chi connectivity index (χ3v) is 4.84. The van der Waals surface area contributed by atoms with Crippen molar-refractivity contribution in [3.05, 3.63) is 65.7 Å². The van der Waals surface area contributed by atoms with E-state index in [2.05, 4.69) is 10.3 Å². The molecular formula is C20H22FN3O3. The summed E-state index contributed by atoms with van der Waals surface area (Å²) in [4.78, 5) is 31.0. The maximum absolute atomic E-state index is 13.1. The van der Waals surface area contributed by atoms with Gasteiger partial charge in [0.25, 0.3) is 11.8 Å². The first-order valence-corrected chi connectivity index (χ1v) is 8.79. The Morgan fingerprint density at radius 1 is 1.19 bits per heavy atom. The zero-order chi connectivity index (χ0) is 19.3. The van der Waals surface area contributed by atoms with Crippen molar-refractivity contribution < 1.29 is 18.7 Å². The molecule has 7 heteroatoms. The van der Waals surface area contributed by atoms with E-state index in [0.29, 0.717) is 43.7 Å². The number of nitrogens with zero attached hydrogens (tertiary/aromatic N) is 2. The van der Waals surface area contributed by atoms with Crippen molar-refractivity contribution in [3.8, 4) is 0 Å². The number of likely N-dealkylation sites (tertiary alicyclic amines) is 1. The Hall–Kier alpha value is -2.80. The molecule has 1 aromatic heterocycles. The van der Waals surface area contributed by atoms with Crippen molar-refractivity contribution in [3.63, 3.8) is 0 Å². The zero-order valence-electron chi connectivity index (χ0n) is 15.2. The molecule has 1 N–H and O–H groups in total. The second-order valence-corrected chi connectivity index (χ2v) is 6.70. The Bertz CT molecular complexity index is 798. The molecule has 142 valence electrons. The lowest BCUT2D eigenvalue weighted by Crippen LogP contribution is -2.51. The van der Waals surface area contributed by atoms with Crippen LogP contribution < -0.4 is 5.32 Å². The number of pyridine rings is 1. The minimum absolute atomic E-state index is 0.0901. The maximum atomic E-state index is 13.1. The van der Waals surface area contributed by atoms with Crippen LogP contribution >= 0.6 is 0 Å². The number of hydrogen-bond acceptors (Lipinski definition) is 4. The Morgan fingerprint density at radius 2 is 1.89 bits per heavy atom. The van der Waals surface area contributed by atoms with Gasteiger partial charge >= 0.3 is 0 Å². The van der Waals surface area contributed by atoms with Crippen LogP contribution in [0.25, 0.3) is 0 Å². The first-order chi connectivity index (χ1) is 13.0. The van der Waals surface area contributed by atoms with Gasteiger partial charge in [-0.1, -0.05) is 0 Å². The molecule has 1 fully saturated rings. The van der Waals surface area contributed by atoms with Gasteiger partial charge in [0.15, 0.2) is 0 Å². The van der Waals surface area contributed by atoms with E-state index in [1.54, 1.807) is 36.5 Å². The number of halogens is 1. The first-order valence-electron chi connectivity index (χ1n) is 8.79. The highest BCUT2D eigenvalue weighted by molar-refractivity contribution is 5.96. The van der Waals surface area contributed by atoms with Crippen molar-refractivity contribution in [2.24, 2.45) is 0 Å². The topological polar surface area (TPSA) is 71.5 Å². The molecule has 0 spiro atoms. The lowest BCUT2D eigenvalue weighted by atomic mass is 9.93. The van der Waals surface area contributed by atoms with Gasteiger partial charge in [-0.15, -0.1) is 0 Å². The van der Waals surface area contributed by atoms with E-state index in [1.165, 1.54) is 24.3 Å². The van der Waals surface area contributed by atoms with Crippen LogP contribution in [-0.4, -0.2) is 54.0 Å². The van der Waals surface area contributed by atoms with E-state index >= 15 is 0 Å². The predicted octanol–water partition coefficient (Wildman–Crippen LogP) is 2.27. The summed E-state index contributed by atoms with van der Waals surface area (Å²) < 4.78 is 18.3. The normalized spacial score (nSPS) is 19.1. The van der Waals surface area contributed by atoms with E-state index in [9.17, 15) is 14.0 Å². The van der Waals surface area contributed by atoms with Gasteiger partial charge in [0.05, 0.1) is 5.54 Å². The highest BCUT2D eigenvalue weighted by Gasteiger charge is 2.41. The van der Waals surface area contributed by atoms with E-state index in [4.69, 9.17) is 4.74 Å². The first kappa shape index (κ1) is 19.0. The van der Waals surface area contributed by atoms with Gasteiger partial charge < -0.3 is 15.0 Å². The highest BCUT2D eigenvalue weighted by Crippen LogP contribution is 2.27. The highest BCUT2D eigenvalue weighted by atomic mass is 19.1. The maximum Gasteiger partial charge on any atom is 0.254 e. The van der Waals surface area contributed by atoms with E-state index in [-0.39, 0.29) is 11.8 Å². The van der Waals surface area contributed by atoms with Crippen LogP contribution in [-0.2, 0) is 4.74 Å². The van der Waals surface area contributed by atoms with Crippen molar-refractivity contribution in [2.45, 2.75) is 18.4 Å². The molecular weight excluding hydrogens is 349 g/mol. The van der Waals surface area contributed by atoms with Crippen LogP contribution in [0.15, 0.2) is 48.8 Å². The van der Waals surface area contributed by atoms with Gasteiger partial charge in [-0.2, -0.15) is 0 Å². The molecule has 1 aliphatic heterocycles. The Labute approximate surface area is 157 Å². The third-order valence-electron chi connectivity index (χ3n) is 4.84. The summed E-state index contributed by atoms with van der Waals surface area (Å²) >= 11 is 0. The van der Waals surface area contributed by atoms with Crippen molar-refractivity contribution in [1.82, 2.24) is 15.2 Å². The number of hydrogen-bond donors (Lipinski definition) is 1. The summed E-state index contributed by atoms with van der Waals surface area (Å²) in [6.07, 6.45) is 4.37. The smallest absolute Gasteiger partial charge is 0.254 e. The second-order valence-electron chi connectivity index (χ2n) is 6.70. The lowest BCUT2D eigenvalue weighted by molar-refractivity contribution is 0.0747. The van der Waals surface area contributed by atoms with Gasteiger partial charge in [0.2, 0.25) is 0 Å². The number of methoxy groups -OCH3 is 1. The van der Waals surface area contributed by atoms with Crippen LogP contribution in [0.1, 0.15) is 33.6 Å². The van der Waals surface area contributed by atoms with Crippen molar-refractivity contribution in [2.75, 3.05) is 26.8 Å². The standard InChI is InChI=1S/C20H22FN3O3/c1-27-13-9-20(23-18(25)15-2-4-17(21)5-3-15)8-12-24(14-20)19(26)16-6-10-22-11-7-16/h2-7,10-11H,8-9,12-14H2,1H3,(H,23,25)/t20-/m1/s1. The third kappa shape index (κ3) is 4.49. The average Bonchev–Trinajstić information content (AvgIpc) is 3.11. The second kappa shape index (κ2) is 8.26. The molecule has 0 radical (unpaired) electrons. The average molecular weight is 371 g/mol. The van der Waals surface area contributed by atoms with Crippen molar-refractivity contribution in [1.29, 1.82) is 0 Å². The minimum Gasteiger partial charge on any atom is -0.385 e. The van der Waals surface area contributed by atoms with Crippen LogP contribution in [0, 0.1) is 5.82 Å². The number of carbonyl (C=O) groups is 2. The van der Waals surface area contributed by atoms with Crippen LogP contribution in [0.5, 0.6) is 0 Å². The molecule has 2 aromatic rings. The Balaban J connectivity index is 1.74. The SMILES string of the molecule is COCC[C@]1(NC(=O)c2ccc(F)cc2)CCN(C(=O)c2ccncc2)C1. The number of ether oxygens (including phenoxy) is 1. The molecule has 0 aliphatic carbocycles. The van der Waals surface area contributed by atoms with Crippen molar-refractivity contribution >= 4 is 11.8 Å². The monoisotopic (exact) mass is 371 g/mol. The molecule has 1 aromatic carbocycles. The van der Waals surface area contributed by atoms with Gasteiger partial charge in [-0.05, 0) is 49.2 Å². The Kier molecular flexibility index (Phi) is 5.81. The summed E-state index contributed by atoms with van der Waals surface area (Å²) in [6.45, 7) is 1.39. The summed E-state index contributed by atoms with van der Waals surface area (Å²) in [5.74, 6) is -0.771. The number of benzene rings is 1. The number of rotatable bonds is 6. The molecule has 1 atom stereocenters. The van der Waals surface area contributed by atoms with Gasteiger partial charge in [-0.25, -0.2) is 4.39 Å². The van der Waals surface area contributed by atoms with Gasteiger partial charge in [0.1, 0.15) is 5.82 Å². The Morgan fingerprint density at radius 3 is 2.56 bits per heavy atom. The molecule has 1 aliphatic rings. The van der Waals surface area contributed by atoms with Gasteiger partial charge in [-0.3, -0.25) is 14.6 Å². The van der Waals surface area contributed by atoms with Crippen LogP contribution in [0.2, 0.25) is 0 Å². The molecule has 0 saturated carbocycles. The van der Waals surface area contributed by atoms with Crippen LogP contribution in [0.3, 0.4) is 0 Å². The van der Waals surface area contributed by atoms with Crippen LogP contribution in [0.4, 0.5) is 4.39 Å². The van der Waals surface area contributed by atoms with E-state index < -0.39 is 11.4 Å². The number of amides is 2. The molecule has 0 bridgehead atoms. The summed E-state index contributed by atoms with van der Waals surface area (Å²) in [7, 11) is 1.60. The molecule has 27 heavy (non-hydrogen) atoms. The summed E-state index contributed by atoms with van der Waals surface area (Å²) in [5, 5.41) is 3.05. The lowest BCUT2D eigenvalue weighted by Gasteiger charge is -2.30.